The van der Waals surface area contributed by atoms with E-state index >= 15 is 0 Å². The number of fused-ring (bicyclic) bond motifs is 2. The van der Waals surface area contributed by atoms with E-state index in [-0.39, 0.29) is 6.61 Å². The quantitative estimate of drug-likeness (QED) is 0.628. The van der Waals surface area contributed by atoms with Gasteiger partial charge in [0.2, 0.25) is 0 Å². The lowest BCUT2D eigenvalue weighted by Gasteiger charge is -2.18. The third-order valence-corrected chi connectivity index (χ3v) is 4.31. The van der Waals surface area contributed by atoms with Crippen LogP contribution in [0, 0.1) is 0 Å². The molecule has 0 unspecified atom stereocenters. The number of aliphatic hydroxyl groups is 1. The summed E-state index contributed by atoms with van der Waals surface area (Å²) >= 11 is 0. The topological polar surface area (TPSA) is 54.2 Å². The molecule has 0 aliphatic carbocycles. The average Bonchev–Trinajstić information content (AvgIpc) is 3.05. The maximum Gasteiger partial charge on any atom is 0.137 e. The molecule has 0 amide bonds. The van der Waals surface area contributed by atoms with Crippen LogP contribution in [0.5, 0.6) is 0 Å². The van der Waals surface area contributed by atoms with Crippen LogP contribution >= 0.6 is 0 Å². The Labute approximate surface area is 139 Å². The fraction of sp³-hybridized carbons (Fsp3) is 0.158. The van der Waals surface area contributed by atoms with Gasteiger partial charge in [0.25, 0.3) is 0 Å². The lowest BCUT2D eigenvalue weighted by molar-refractivity contribution is 0.304. The molecule has 0 aliphatic heterocycles. The summed E-state index contributed by atoms with van der Waals surface area (Å²) in [5, 5.41) is 12.5. The summed E-state index contributed by atoms with van der Waals surface area (Å²) in [7, 11) is 1.98. The summed E-state index contributed by atoms with van der Waals surface area (Å²) < 4.78 is 2.05. The van der Waals surface area contributed by atoms with E-state index in [9.17, 15) is 0 Å². The molecule has 0 fully saturated rings. The third kappa shape index (κ3) is 2.49. The molecule has 0 aliphatic rings. The molecule has 0 saturated heterocycles. The highest BCUT2D eigenvalue weighted by molar-refractivity contribution is 5.87. The van der Waals surface area contributed by atoms with E-state index in [1.54, 1.807) is 6.20 Å². The Balaban J connectivity index is 1.82. The van der Waals surface area contributed by atoms with Gasteiger partial charge in [0.15, 0.2) is 0 Å². The van der Waals surface area contributed by atoms with Gasteiger partial charge in [-0.1, -0.05) is 6.07 Å². The monoisotopic (exact) mass is 318 g/mol. The van der Waals surface area contributed by atoms with Gasteiger partial charge >= 0.3 is 0 Å². The molecule has 3 heterocycles. The summed E-state index contributed by atoms with van der Waals surface area (Å²) in [5.74, 6) is 0.868. The number of nitrogens with zero attached hydrogens (tertiary/aromatic N) is 4. The maximum absolute atomic E-state index is 9.12. The summed E-state index contributed by atoms with van der Waals surface area (Å²) in [4.78, 5) is 10.8. The van der Waals surface area contributed by atoms with Crippen molar-refractivity contribution >= 4 is 27.4 Å². The Bertz CT molecular complexity index is 1010. The van der Waals surface area contributed by atoms with Crippen LogP contribution in [0.15, 0.2) is 61.2 Å². The van der Waals surface area contributed by atoms with Crippen LogP contribution in [0.4, 0.5) is 5.69 Å². The molecule has 4 aromatic rings. The fourth-order valence-corrected chi connectivity index (χ4v) is 2.94. The molecule has 0 atom stereocenters. The first-order valence-electron chi connectivity index (χ1n) is 7.89. The highest BCUT2D eigenvalue weighted by Gasteiger charge is 2.07. The minimum atomic E-state index is 0.137. The Hall–Kier alpha value is -2.92. The molecule has 0 bridgehead atoms. The van der Waals surface area contributed by atoms with Crippen molar-refractivity contribution in [2.24, 2.45) is 0 Å². The number of hydrogen-bond donors (Lipinski definition) is 1. The third-order valence-electron chi connectivity index (χ3n) is 4.31. The number of benzene rings is 1. The zero-order valence-corrected chi connectivity index (χ0v) is 13.4. The second kappa shape index (κ2) is 5.94. The van der Waals surface area contributed by atoms with E-state index in [1.807, 2.05) is 47.2 Å². The first-order chi connectivity index (χ1) is 11.8. The predicted octanol–water partition coefficient (Wildman–Crippen LogP) is 3.00. The Morgan fingerprint density at radius 1 is 1.04 bits per heavy atom. The smallest absolute Gasteiger partial charge is 0.137 e. The van der Waals surface area contributed by atoms with Gasteiger partial charge in [-0.3, -0.25) is 9.55 Å². The predicted molar refractivity (Wildman–Crippen MR) is 96.7 cm³/mol. The Kier molecular flexibility index (Phi) is 3.63. The molecule has 4 rings (SSSR count). The van der Waals surface area contributed by atoms with Crippen LogP contribution in [-0.2, 0) is 0 Å². The van der Waals surface area contributed by atoms with Crippen LogP contribution in [0.1, 0.15) is 0 Å². The maximum atomic E-state index is 9.12. The number of aliphatic hydroxyl groups excluding tert-OH is 1. The van der Waals surface area contributed by atoms with Crippen molar-refractivity contribution in [3.8, 4) is 5.82 Å². The second-order valence-electron chi connectivity index (χ2n) is 5.84. The van der Waals surface area contributed by atoms with Crippen molar-refractivity contribution in [2.75, 3.05) is 25.1 Å². The lowest BCUT2D eigenvalue weighted by Crippen LogP contribution is -2.20. The van der Waals surface area contributed by atoms with Gasteiger partial charge in [-0.2, -0.15) is 0 Å². The van der Waals surface area contributed by atoms with E-state index in [2.05, 4.69) is 34.2 Å². The summed E-state index contributed by atoms with van der Waals surface area (Å²) in [6, 6.07) is 12.4. The number of aromatic nitrogens is 3. The molecular weight excluding hydrogens is 300 g/mol. The number of anilines is 1. The molecular formula is C19H18N4O. The SMILES string of the molecule is CN(CCO)c1ccc2cnc(-n3ccc4ccncc43)cc2c1. The van der Waals surface area contributed by atoms with E-state index in [0.29, 0.717) is 6.54 Å². The highest BCUT2D eigenvalue weighted by Crippen LogP contribution is 2.24. The highest BCUT2D eigenvalue weighted by atomic mass is 16.3. The van der Waals surface area contributed by atoms with Crippen molar-refractivity contribution in [1.29, 1.82) is 0 Å². The molecule has 5 heteroatoms. The van der Waals surface area contributed by atoms with Gasteiger partial charge in [-0.25, -0.2) is 4.98 Å². The van der Waals surface area contributed by atoms with Crippen molar-refractivity contribution < 1.29 is 5.11 Å². The van der Waals surface area contributed by atoms with Crippen molar-refractivity contribution in [3.05, 3.63) is 61.2 Å². The number of pyridine rings is 2. The van der Waals surface area contributed by atoms with Crippen molar-refractivity contribution in [3.63, 3.8) is 0 Å². The van der Waals surface area contributed by atoms with Gasteiger partial charge in [0, 0.05) is 48.6 Å². The summed E-state index contributed by atoms with van der Waals surface area (Å²) in [6.07, 6.45) is 7.56. The number of hydrogen-bond acceptors (Lipinski definition) is 4. The van der Waals surface area contributed by atoms with Gasteiger partial charge < -0.3 is 10.0 Å². The van der Waals surface area contributed by atoms with Crippen LogP contribution in [0.2, 0.25) is 0 Å². The largest absolute Gasteiger partial charge is 0.395 e. The zero-order valence-electron chi connectivity index (χ0n) is 13.4. The average molecular weight is 318 g/mol. The molecule has 5 nitrogen and oxygen atoms in total. The minimum Gasteiger partial charge on any atom is -0.395 e. The normalized spacial score (nSPS) is 11.2. The standard InChI is InChI=1S/C19H18N4O/c1-22(8-9-24)17-3-2-15-12-21-19(11-16(15)10-17)23-7-5-14-4-6-20-13-18(14)23/h2-7,10-13,24H,8-9H2,1H3. The summed E-state index contributed by atoms with van der Waals surface area (Å²) in [5.41, 5.74) is 2.12. The van der Waals surface area contributed by atoms with Crippen molar-refractivity contribution in [2.45, 2.75) is 0 Å². The number of rotatable bonds is 4. The summed E-state index contributed by atoms with van der Waals surface area (Å²) in [6.45, 7) is 0.746. The number of likely N-dealkylation sites (N-methyl/N-ethyl adjacent to an activating group) is 1. The molecule has 0 saturated carbocycles. The van der Waals surface area contributed by atoms with Crippen LogP contribution in [0.25, 0.3) is 27.5 Å². The molecule has 24 heavy (non-hydrogen) atoms. The minimum absolute atomic E-state index is 0.137. The second-order valence-corrected chi connectivity index (χ2v) is 5.84. The van der Waals surface area contributed by atoms with Gasteiger partial charge in [0.05, 0.1) is 18.3 Å². The first-order valence-corrected chi connectivity index (χ1v) is 7.89. The van der Waals surface area contributed by atoms with Gasteiger partial charge in [-0.05, 0) is 35.7 Å². The first kappa shape index (κ1) is 14.7. The molecule has 0 spiro atoms. The molecule has 1 N–H and O–H groups in total. The van der Waals surface area contributed by atoms with Crippen LogP contribution in [0.3, 0.4) is 0 Å². The van der Waals surface area contributed by atoms with E-state index in [1.165, 1.54) is 0 Å². The van der Waals surface area contributed by atoms with Crippen LogP contribution in [-0.4, -0.2) is 39.8 Å². The molecule has 3 aromatic heterocycles. The van der Waals surface area contributed by atoms with E-state index < -0.39 is 0 Å². The van der Waals surface area contributed by atoms with E-state index in [4.69, 9.17) is 5.11 Å². The molecule has 0 radical (unpaired) electrons. The van der Waals surface area contributed by atoms with Crippen molar-refractivity contribution in [1.82, 2.24) is 14.5 Å². The van der Waals surface area contributed by atoms with Gasteiger partial charge in [-0.15, -0.1) is 0 Å². The Morgan fingerprint density at radius 2 is 1.96 bits per heavy atom. The molecule has 120 valence electrons. The molecule has 1 aromatic carbocycles. The van der Waals surface area contributed by atoms with E-state index in [0.717, 1.165) is 33.2 Å². The fourth-order valence-electron chi connectivity index (χ4n) is 2.94. The Morgan fingerprint density at radius 3 is 2.83 bits per heavy atom. The lowest BCUT2D eigenvalue weighted by atomic mass is 10.1. The van der Waals surface area contributed by atoms with Crippen LogP contribution < -0.4 is 4.90 Å². The zero-order chi connectivity index (χ0) is 16.5. The van der Waals surface area contributed by atoms with Gasteiger partial charge in [0.1, 0.15) is 5.82 Å².